The highest BCUT2D eigenvalue weighted by molar-refractivity contribution is 5.68. The summed E-state index contributed by atoms with van der Waals surface area (Å²) in [5.74, 6) is -3.88. The molecule has 2 unspecified atom stereocenters. The van der Waals surface area contributed by atoms with Crippen LogP contribution in [0.2, 0.25) is 0 Å². The van der Waals surface area contributed by atoms with E-state index >= 15 is 0 Å². The van der Waals surface area contributed by atoms with Crippen molar-refractivity contribution in [1.82, 2.24) is 10.6 Å². The molecule has 2 rings (SSSR count). The molecular formula is C24H29F2N3O7. The molecule has 2 aromatic rings. The lowest BCUT2D eigenvalue weighted by Crippen LogP contribution is -2.56. The Morgan fingerprint density at radius 1 is 1.03 bits per heavy atom. The quantitative estimate of drug-likeness (QED) is 0.325. The standard InChI is InChI=1S/C24H29F2N3O7/c1-23(2,3)36-21(31)27-15-24(25,26)20(30)19(13-16-9-11-18(12-10-16)29(33)34)28-22(32)35-14-17-7-5-4-6-8-17/h4-12,19-20,30H,13-15H2,1-3H3,(H,27,31)(H,28,32). The maximum Gasteiger partial charge on any atom is 0.407 e. The summed E-state index contributed by atoms with van der Waals surface area (Å²) in [5, 5.41) is 25.5. The molecular weight excluding hydrogens is 480 g/mol. The van der Waals surface area contributed by atoms with Crippen molar-refractivity contribution in [1.29, 1.82) is 0 Å². The predicted octanol–water partition coefficient (Wildman–Crippen LogP) is 3.95. The Balaban J connectivity index is 2.13. The Morgan fingerprint density at radius 2 is 1.64 bits per heavy atom. The van der Waals surface area contributed by atoms with E-state index < -0.39 is 47.3 Å². The lowest BCUT2D eigenvalue weighted by atomic mass is 9.97. The normalized spacial score (nSPS) is 13.3. The fraction of sp³-hybridized carbons (Fsp3) is 0.417. The number of nitrogens with zero attached hydrogens (tertiary/aromatic N) is 1. The number of carbonyl (C=O) groups excluding carboxylic acids is 2. The van der Waals surface area contributed by atoms with E-state index in [1.165, 1.54) is 24.3 Å². The fourth-order valence-corrected chi connectivity index (χ4v) is 3.07. The van der Waals surface area contributed by atoms with Crippen LogP contribution < -0.4 is 10.6 Å². The highest BCUT2D eigenvalue weighted by atomic mass is 19.3. The maximum atomic E-state index is 14.8. The number of alkyl halides is 2. The van der Waals surface area contributed by atoms with Crippen LogP contribution in [0.1, 0.15) is 31.9 Å². The second-order valence-corrected chi connectivity index (χ2v) is 9.00. The first-order chi connectivity index (χ1) is 16.8. The smallest absolute Gasteiger partial charge is 0.407 e. The molecule has 0 radical (unpaired) electrons. The van der Waals surface area contributed by atoms with Gasteiger partial charge in [0.15, 0.2) is 0 Å². The summed E-state index contributed by atoms with van der Waals surface area (Å²) in [7, 11) is 0. The zero-order valence-electron chi connectivity index (χ0n) is 20.1. The van der Waals surface area contributed by atoms with Gasteiger partial charge >= 0.3 is 12.2 Å². The topological polar surface area (TPSA) is 140 Å². The Bertz CT molecular complexity index is 1030. The number of non-ortho nitro benzene ring substituents is 1. The predicted molar refractivity (Wildman–Crippen MR) is 126 cm³/mol. The first kappa shape index (κ1) is 28.4. The van der Waals surface area contributed by atoms with Gasteiger partial charge in [-0.25, -0.2) is 18.4 Å². The van der Waals surface area contributed by atoms with Crippen LogP contribution in [0.5, 0.6) is 0 Å². The third-order valence-electron chi connectivity index (χ3n) is 4.80. The maximum absolute atomic E-state index is 14.8. The van der Waals surface area contributed by atoms with Crippen molar-refractivity contribution in [3.8, 4) is 0 Å². The zero-order chi connectivity index (χ0) is 26.9. The van der Waals surface area contributed by atoms with Crippen molar-refractivity contribution in [3.63, 3.8) is 0 Å². The van der Waals surface area contributed by atoms with E-state index in [0.29, 0.717) is 11.1 Å². The van der Waals surface area contributed by atoms with Gasteiger partial charge in [0.25, 0.3) is 11.6 Å². The molecule has 0 heterocycles. The van der Waals surface area contributed by atoms with Gasteiger partial charge in [0.1, 0.15) is 18.3 Å². The van der Waals surface area contributed by atoms with Gasteiger partial charge in [-0.05, 0) is 38.3 Å². The second-order valence-electron chi connectivity index (χ2n) is 9.00. The molecule has 0 aromatic heterocycles. The number of alkyl carbamates (subject to hydrolysis) is 2. The molecule has 2 atom stereocenters. The number of nitro benzene ring substituents is 1. The van der Waals surface area contributed by atoms with Crippen LogP contribution in [0.3, 0.4) is 0 Å². The number of hydrogen-bond acceptors (Lipinski definition) is 7. The van der Waals surface area contributed by atoms with E-state index in [1.807, 2.05) is 5.32 Å². The minimum absolute atomic E-state index is 0.135. The summed E-state index contributed by atoms with van der Waals surface area (Å²) in [5.41, 5.74) is -0.130. The van der Waals surface area contributed by atoms with Crippen LogP contribution in [0, 0.1) is 10.1 Å². The monoisotopic (exact) mass is 509 g/mol. The molecule has 0 fully saturated rings. The molecule has 12 heteroatoms. The number of carbonyl (C=O) groups is 2. The molecule has 2 aromatic carbocycles. The number of nitro groups is 1. The van der Waals surface area contributed by atoms with Crippen molar-refractivity contribution in [2.45, 2.75) is 57.5 Å². The van der Waals surface area contributed by atoms with Crippen molar-refractivity contribution in [2.24, 2.45) is 0 Å². The van der Waals surface area contributed by atoms with Crippen molar-refractivity contribution >= 4 is 17.9 Å². The van der Waals surface area contributed by atoms with Gasteiger partial charge in [-0.3, -0.25) is 10.1 Å². The van der Waals surface area contributed by atoms with Crippen LogP contribution in [-0.2, 0) is 22.5 Å². The summed E-state index contributed by atoms with van der Waals surface area (Å²) in [4.78, 5) is 34.4. The summed E-state index contributed by atoms with van der Waals surface area (Å²) in [6.45, 7) is 3.28. The van der Waals surface area contributed by atoms with Gasteiger partial charge < -0.3 is 25.2 Å². The molecule has 2 amide bonds. The highest BCUT2D eigenvalue weighted by Crippen LogP contribution is 2.24. The average molecular weight is 510 g/mol. The third-order valence-corrected chi connectivity index (χ3v) is 4.80. The molecule has 0 aliphatic carbocycles. The number of nitrogens with one attached hydrogen (secondary N) is 2. The Labute approximate surface area is 206 Å². The van der Waals surface area contributed by atoms with E-state index in [-0.39, 0.29) is 18.7 Å². The Morgan fingerprint density at radius 3 is 2.19 bits per heavy atom. The van der Waals surface area contributed by atoms with Gasteiger partial charge in [0, 0.05) is 12.1 Å². The number of aliphatic hydroxyl groups is 1. The molecule has 0 aliphatic heterocycles. The summed E-state index contributed by atoms with van der Waals surface area (Å²) >= 11 is 0. The molecule has 10 nitrogen and oxygen atoms in total. The molecule has 0 saturated carbocycles. The first-order valence-electron chi connectivity index (χ1n) is 11.0. The summed E-state index contributed by atoms with van der Waals surface area (Å²) in [6.07, 6.45) is -4.91. The molecule has 36 heavy (non-hydrogen) atoms. The van der Waals surface area contributed by atoms with E-state index in [2.05, 4.69) is 5.32 Å². The highest BCUT2D eigenvalue weighted by Gasteiger charge is 2.44. The zero-order valence-corrected chi connectivity index (χ0v) is 20.1. The number of amides is 2. The van der Waals surface area contributed by atoms with Crippen LogP contribution in [0.15, 0.2) is 54.6 Å². The number of hydrogen-bond donors (Lipinski definition) is 3. The summed E-state index contributed by atoms with van der Waals surface area (Å²) in [6, 6.07) is 12.1. The minimum Gasteiger partial charge on any atom is -0.445 e. The van der Waals surface area contributed by atoms with Gasteiger partial charge in [-0.2, -0.15) is 0 Å². The number of rotatable bonds is 10. The second kappa shape index (κ2) is 12.2. The van der Waals surface area contributed by atoms with Gasteiger partial charge in [-0.15, -0.1) is 0 Å². The van der Waals surface area contributed by atoms with Crippen LogP contribution in [0.25, 0.3) is 0 Å². The third kappa shape index (κ3) is 9.45. The molecule has 3 N–H and O–H groups in total. The number of benzene rings is 2. The van der Waals surface area contributed by atoms with Gasteiger partial charge in [0.2, 0.25) is 0 Å². The van der Waals surface area contributed by atoms with Crippen molar-refractivity contribution in [3.05, 3.63) is 75.8 Å². The lowest BCUT2D eigenvalue weighted by Gasteiger charge is -2.30. The average Bonchev–Trinajstić information content (AvgIpc) is 2.80. The fourth-order valence-electron chi connectivity index (χ4n) is 3.07. The summed E-state index contributed by atoms with van der Waals surface area (Å²) < 4.78 is 39.7. The Kier molecular flexibility index (Phi) is 9.68. The minimum atomic E-state index is -3.88. The van der Waals surface area contributed by atoms with Crippen LogP contribution >= 0.6 is 0 Å². The van der Waals surface area contributed by atoms with E-state index in [1.54, 1.807) is 51.1 Å². The first-order valence-corrected chi connectivity index (χ1v) is 11.0. The number of halogens is 2. The molecule has 196 valence electrons. The Hall–Kier alpha value is -3.80. The largest absolute Gasteiger partial charge is 0.445 e. The van der Waals surface area contributed by atoms with Gasteiger partial charge in [0.05, 0.1) is 17.5 Å². The molecule has 0 saturated heterocycles. The molecule has 0 spiro atoms. The number of aliphatic hydroxyl groups excluding tert-OH is 1. The van der Waals surface area contributed by atoms with Crippen LogP contribution in [-0.4, -0.2) is 52.4 Å². The molecule has 0 bridgehead atoms. The van der Waals surface area contributed by atoms with E-state index in [4.69, 9.17) is 9.47 Å². The van der Waals surface area contributed by atoms with E-state index in [0.717, 1.165) is 0 Å². The number of ether oxygens (including phenoxy) is 2. The van der Waals surface area contributed by atoms with Crippen LogP contribution in [0.4, 0.5) is 24.1 Å². The van der Waals surface area contributed by atoms with E-state index in [9.17, 15) is 33.6 Å². The van der Waals surface area contributed by atoms with Crippen molar-refractivity contribution in [2.75, 3.05) is 6.54 Å². The van der Waals surface area contributed by atoms with Crippen molar-refractivity contribution < 1.29 is 37.9 Å². The molecule has 0 aliphatic rings. The lowest BCUT2D eigenvalue weighted by molar-refractivity contribution is -0.384. The van der Waals surface area contributed by atoms with Gasteiger partial charge in [-0.1, -0.05) is 42.5 Å². The SMILES string of the molecule is CC(C)(C)OC(=O)NCC(F)(F)C(O)C(Cc1ccc([N+](=O)[O-])cc1)NC(=O)OCc1ccccc1.